The third-order valence-corrected chi connectivity index (χ3v) is 3.79. The number of hydrogen-bond donors (Lipinski definition) is 1. The van der Waals surface area contributed by atoms with Gasteiger partial charge in [-0.3, -0.25) is 9.59 Å². The summed E-state index contributed by atoms with van der Waals surface area (Å²) in [7, 11) is 0. The van der Waals surface area contributed by atoms with Crippen molar-refractivity contribution in [3.8, 4) is 0 Å². The molecule has 1 aromatic rings. The molecule has 0 spiro atoms. The summed E-state index contributed by atoms with van der Waals surface area (Å²) in [6.07, 6.45) is 1.19. The van der Waals surface area contributed by atoms with E-state index in [1.54, 1.807) is 16.2 Å². The van der Waals surface area contributed by atoms with Gasteiger partial charge in [-0.25, -0.2) is 0 Å². The number of amides is 1. The number of carboxylic acids is 1. The highest BCUT2D eigenvalue weighted by molar-refractivity contribution is 7.10. The average Bonchev–Trinajstić information content (AvgIpc) is 2.81. The summed E-state index contributed by atoms with van der Waals surface area (Å²) in [6, 6.07) is 3.92. The van der Waals surface area contributed by atoms with Crippen LogP contribution in [0.25, 0.3) is 0 Å². The van der Waals surface area contributed by atoms with Crippen molar-refractivity contribution in [2.75, 3.05) is 6.54 Å². The van der Waals surface area contributed by atoms with Crippen LogP contribution in [-0.2, 0) is 16.0 Å². The van der Waals surface area contributed by atoms with Crippen LogP contribution in [0, 0.1) is 0 Å². The van der Waals surface area contributed by atoms with Gasteiger partial charge in [-0.1, -0.05) is 13.0 Å². The summed E-state index contributed by atoms with van der Waals surface area (Å²) in [5.41, 5.74) is 0. The summed E-state index contributed by atoms with van der Waals surface area (Å²) < 4.78 is 0. The van der Waals surface area contributed by atoms with E-state index in [9.17, 15) is 9.59 Å². The van der Waals surface area contributed by atoms with Gasteiger partial charge in [0.15, 0.2) is 0 Å². The van der Waals surface area contributed by atoms with Gasteiger partial charge in [0, 0.05) is 17.5 Å². The molecule has 1 unspecified atom stereocenters. The minimum absolute atomic E-state index is 0.000516. The molecule has 0 radical (unpaired) electrons. The molecule has 0 fully saturated rings. The molecule has 0 bridgehead atoms. The van der Waals surface area contributed by atoms with Crippen molar-refractivity contribution in [2.24, 2.45) is 0 Å². The Hall–Kier alpha value is -1.36. The molecule has 0 aliphatic heterocycles. The summed E-state index contributed by atoms with van der Waals surface area (Å²) in [5, 5.41) is 10.7. The van der Waals surface area contributed by atoms with Crippen LogP contribution in [0.5, 0.6) is 0 Å². The summed E-state index contributed by atoms with van der Waals surface area (Å²) in [5.74, 6) is -0.861. The molecular formula is C13H19NO3S. The van der Waals surface area contributed by atoms with Crippen molar-refractivity contribution in [3.63, 3.8) is 0 Å². The number of rotatable bonds is 7. The van der Waals surface area contributed by atoms with Crippen molar-refractivity contribution in [2.45, 2.75) is 39.2 Å². The first kappa shape index (κ1) is 14.7. The van der Waals surface area contributed by atoms with Crippen LogP contribution in [0.3, 0.4) is 0 Å². The molecule has 1 atom stereocenters. The molecule has 0 aliphatic rings. The third-order valence-electron chi connectivity index (χ3n) is 2.92. The Kier molecular flexibility index (Phi) is 5.85. The Morgan fingerprint density at radius 3 is 2.72 bits per heavy atom. The van der Waals surface area contributed by atoms with E-state index in [1.165, 1.54) is 0 Å². The van der Waals surface area contributed by atoms with Gasteiger partial charge in [0.25, 0.3) is 0 Å². The van der Waals surface area contributed by atoms with Gasteiger partial charge in [-0.05, 0) is 24.8 Å². The lowest BCUT2D eigenvalue weighted by Crippen LogP contribution is -2.40. The summed E-state index contributed by atoms with van der Waals surface area (Å²) >= 11 is 1.55. The highest BCUT2D eigenvalue weighted by Gasteiger charge is 2.20. The summed E-state index contributed by atoms with van der Waals surface area (Å²) in [6.45, 7) is 4.24. The number of carboxylic acid groups (broad SMARTS) is 1. The monoisotopic (exact) mass is 269 g/mol. The van der Waals surface area contributed by atoms with Crippen LogP contribution in [0.1, 0.15) is 31.6 Å². The van der Waals surface area contributed by atoms with Crippen LogP contribution >= 0.6 is 11.3 Å². The highest BCUT2D eigenvalue weighted by atomic mass is 32.1. The van der Waals surface area contributed by atoms with Gasteiger partial charge in [0.05, 0.1) is 12.8 Å². The zero-order valence-electron chi connectivity index (χ0n) is 10.8. The second-order valence-electron chi connectivity index (χ2n) is 4.24. The largest absolute Gasteiger partial charge is 0.481 e. The third kappa shape index (κ3) is 4.49. The SMILES string of the molecule is CCC(C)N(CCC(=O)O)C(=O)Cc1cccs1. The van der Waals surface area contributed by atoms with Crippen LogP contribution in [0.4, 0.5) is 0 Å². The molecule has 5 heteroatoms. The van der Waals surface area contributed by atoms with E-state index in [1.807, 2.05) is 31.4 Å². The van der Waals surface area contributed by atoms with E-state index in [4.69, 9.17) is 5.11 Å². The molecule has 1 rings (SSSR count). The van der Waals surface area contributed by atoms with Crippen LogP contribution in [-0.4, -0.2) is 34.5 Å². The van der Waals surface area contributed by atoms with Gasteiger partial charge in [0.2, 0.25) is 5.91 Å². The van der Waals surface area contributed by atoms with Crippen molar-refractivity contribution in [3.05, 3.63) is 22.4 Å². The maximum Gasteiger partial charge on any atom is 0.305 e. The average molecular weight is 269 g/mol. The van der Waals surface area contributed by atoms with E-state index in [0.717, 1.165) is 11.3 Å². The second kappa shape index (κ2) is 7.16. The molecule has 0 saturated carbocycles. The van der Waals surface area contributed by atoms with Crippen LogP contribution in [0.15, 0.2) is 17.5 Å². The first-order valence-electron chi connectivity index (χ1n) is 6.08. The zero-order chi connectivity index (χ0) is 13.5. The Morgan fingerprint density at radius 1 is 1.50 bits per heavy atom. The fraction of sp³-hybridized carbons (Fsp3) is 0.538. The molecule has 100 valence electrons. The summed E-state index contributed by atoms with van der Waals surface area (Å²) in [4.78, 5) is 25.5. The van der Waals surface area contributed by atoms with Gasteiger partial charge in [-0.15, -0.1) is 11.3 Å². The molecule has 1 N–H and O–H groups in total. The molecule has 1 aromatic heterocycles. The molecule has 1 heterocycles. The molecule has 4 nitrogen and oxygen atoms in total. The minimum atomic E-state index is -0.868. The quantitative estimate of drug-likeness (QED) is 0.827. The number of carbonyl (C=O) groups is 2. The van der Waals surface area contributed by atoms with E-state index < -0.39 is 5.97 Å². The van der Waals surface area contributed by atoms with Gasteiger partial charge in [-0.2, -0.15) is 0 Å². The van der Waals surface area contributed by atoms with E-state index >= 15 is 0 Å². The Balaban J connectivity index is 2.63. The predicted molar refractivity (Wildman–Crippen MR) is 71.7 cm³/mol. The smallest absolute Gasteiger partial charge is 0.305 e. The van der Waals surface area contributed by atoms with Gasteiger partial charge in [0.1, 0.15) is 0 Å². The van der Waals surface area contributed by atoms with E-state index in [-0.39, 0.29) is 24.9 Å². The fourth-order valence-electron chi connectivity index (χ4n) is 1.69. The maximum atomic E-state index is 12.2. The lowest BCUT2D eigenvalue weighted by molar-refractivity contribution is -0.139. The number of hydrogen-bond acceptors (Lipinski definition) is 3. The molecule has 0 saturated heterocycles. The van der Waals surface area contributed by atoms with E-state index in [2.05, 4.69) is 0 Å². The second-order valence-corrected chi connectivity index (χ2v) is 5.28. The van der Waals surface area contributed by atoms with Crippen LogP contribution in [0.2, 0.25) is 0 Å². The first-order chi connectivity index (χ1) is 8.54. The zero-order valence-corrected chi connectivity index (χ0v) is 11.6. The Morgan fingerprint density at radius 2 is 2.22 bits per heavy atom. The lowest BCUT2D eigenvalue weighted by Gasteiger charge is -2.28. The first-order valence-corrected chi connectivity index (χ1v) is 6.96. The van der Waals surface area contributed by atoms with Crippen molar-refractivity contribution in [1.82, 2.24) is 4.90 Å². The fourth-order valence-corrected chi connectivity index (χ4v) is 2.39. The van der Waals surface area contributed by atoms with Crippen molar-refractivity contribution >= 4 is 23.2 Å². The number of aliphatic carboxylic acids is 1. The van der Waals surface area contributed by atoms with Gasteiger partial charge < -0.3 is 10.0 Å². The molecule has 0 aliphatic carbocycles. The standard InChI is InChI=1S/C13H19NO3S/c1-3-10(2)14(7-6-13(16)17)12(15)9-11-5-4-8-18-11/h4-5,8,10H,3,6-7,9H2,1-2H3,(H,16,17). The molecule has 18 heavy (non-hydrogen) atoms. The number of nitrogens with zero attached hydrogens (tertiary/aromatic N) is 1. The molecule has 1 amide bonds. The molecule has 0 aromatic carbocycles. The maximum absolute atomic E-state index is 12.2. The highest BCUT2D eigenvalue weighted by Crippen LogP contribution is 2.13. The molecular weight excluding hydrogens is 250 g/mol. The number of thiophene rings is 1. The topological polar surface area (TPSA) is 57.6 Å². The van der Waals surface area contributed by atoms with Crippen LogP contribution < -0.4 is 0 Å². The van der Waals surface area contributed by atoms with Gasteiger partial charge >= 0.3 is 5.97 Å². The van der Waals surface area contributed by atoms with Crippen molar-refractivity contribution < 1.29 is 14.7 Å². The minimum Gasteiger partial charge on any atom is -0.481 e. The van der Waals surface area contributed by atoms with Crippen molar-refractivity contribution in [1.29, 1.82) is 0 Å². The normalized spacial score (nSPS) is 12.1. The predicted octanol–water partition coefficient (Wildman–Crippen LogP) is 2.39. The number of carbonyl (C=O) groups excluding carboxylic acids is 1. The Labute approximate surface area is 111 Å². The Bertz CT molecular complexity index is 389. The lowest BCUT2D eigenvalue weighted by atomic mass is 10.2. The van der Waals surface area contributed by atoms with E-state index in [0.29, 0.717) is 6.42 Å².